The van der Waals surface area contributed by atoms with Crippen LogP contribution in [-0.2, 0) is 4.74 Å². The van der Waals surface area contributed by atoms with Crippen LogP contribution >= 0.6 is 0 Å². The van der Waals surface area contributed by atoms with E-state index in [1.807, 2.05) is 26.8 Å². The quantitative estimate of drug-likeness (QED) is 0.668. The summed E-state index contributed by atoms with van der Waals surface area (Å²) in [6.07, 6.45) is 2.38. The molecule has 166 valence electrons. The van der Waals surface area contributed by atoms with E-state index in [0.29, 0.717) is 17.9 Å². The van der Waals surface area contributed by atoms with Crippen LogP contribution in [0.3, 0.4) is 0 Å². The molecule has 0 spiro atoms. The van der Waals surface area contributed by atoms with Crippen molar-refractivity contribution in [2.45, 2.75) is 57.7 Å². The van der Waals surface area contributed by atoms with Crippen molar-refractivity contribution >= 4 is 23.6 Å². The molecule has 0 unspecified atom stereocenters. The van der Waals surface area contributed by atoms with Crippen LogP contribution in [0.2, 0.25) is 0 Å². The fourth-order valence-corrected chi connectivity index (χ4v) is 3.84. The minimum Gasteiger partial charge on any atom is -0.444 e. The normalized spacial score (nSPS) is 20.8. The molecule has 30 heavy (non-hydrogen) atoms. The third-order valence-electron chi connectivity index (χ3n) is 5.44. The predicted octanol–water partition coefficient (Wildman–Crippen LogP) is 1.79. The number of pyridine rings is 1. The van der Waals surface area contributed by atoms with Gasteiger partial charge in [0.25, 0.3) is 5.91 Å². The largest absolute Gasteiger partial charge is 0.444 e. The fourth-order valence-electron chi connectivity index (χ4n) is 3.84. The highest BCUT2D eigenvalue weighted by Gasteiger charge is 2.28. The average Bonchev–Trinajstić information content (AvgIpc) is 3.10. The highest BCUT2D eigenvalue weighted by atomic mass is 16.6. The van der Waals surface area contributed by atoms with Crippen LogP contribution < -0.4 is 21.3 Å². The maximum absolute atomic E-state index is 12.0. The van der Waals surface area contributed by atoms with Gasteiger partial charge in [-0.15, -0.1) is 0 Å². The number of ether oxygens (including phenoxy) is 1. The molecule has 1 aromatic rings. The van der Waals surface area contributed by atoms with Crippen LogP contribution in [0.5, 0.6) is 0 Å². The van der Waals surface area contributed by atoms with Crippen molar-refractivity contribution in [2.24, 2.45) is 5.73 Å². The fraction of sp³-hybridized carbons (Fsp3) is 0.667. The number of primary amides is 1. The number of rotatable bonds is 5. The summed E-state index contributed by atoms with van der Waals surface area (Å²) in [5.74, 6) is 0.817. The second kappa shape index (κ2) is 9.07. The molecule has 0 aliphatic carbocycles. The zero-order valence-corrected chi connectivity index (χ0v) is 18.4. The van der Waals surface area contributed by atoms with Crippen LogP contribution in [0, 0.1) is 0 Å². The molecule has 3 heterocycles. The summed E-state index contributed by atoms with van der Waals surface area (Å²) in [7, 11) is 2.11. The number of nitrogens with zero attached hydrogens (tertiary/aromatic N) is 3. The van der Waals surface area contributed by atoms with Gasteiger partial charge in [-0.25, -0.2) is 9.78 Å². The minimum atomic E-state index is -0.525. The second-order valence-electron chi connectivity index (χ2n) is 9.23. The van der Waals surface area contributed by atoms with E-state index < -0.39 is 17.6 Å². The van der Waals surface area contributed by atoms with Crippen LogP contribution in [-0.4, -0.2) is 72.8 Å². The lowest BCUT2D eigenvalue weighted by Gasteiger charge is -2.30. The van der Waals surface area contributed by atoms with Crippen molar-refractivity contribution in [3.05, 3.63) is 17.7 Å². The summed E-state index contributed by atoms with van der Waals surface area (Å²) in [6, 6.07) is 3.80. The molecule has 3 rings (SSSR count). The Morgan fingerprint density at radius 1 is 1.13 bits per heavy atom. The van der Waals surface area contributed by atoms with Gasteiger partial charge in [0.1, 0.15) is 17.2 Å². The van der Waals surface area contributed by atoms with Crippen LogP contribution in [0.25, 0.3) is 0 Å². The first kappa shape index (κ1) is 22.1. The minimum absolute atomic E-state index is 0.0113. The third kappa shape index (κ3) is 5.98. The Bertz CT molecular complexity index is 770. The Morgan fingerprint density at radius 2 is 1.80 bits per heavy atom. The van der Waals surface area contributed by atoms with Crippen LogP contribution in [0.4, 0.5) is 16.4 Å². The van der Waals surface area contributed by atoms with Crippen molar-refractivity contribution in [3.8, 4) is 0 Å². The highest BCUT2D eigenvalue weighted by molar-refractivity contribution is 5.98. The maximum atomic E-state index is 12.0. The molecule has 2 saturated heterocycles. The molecule has 0 saturated carbocycles. The molecular formula is C21H34N6O3. The summed E-state index contributed by atoms with van der Waals surface area (Å²) in [5.41, 5.74) is 5.45. The highest BCUT2D eigenvalue weighted by Crippen LogP contribution is 2.25. The lowest BCUT2D eigenvalue weighted by Crippen LogP contribution is -2.40. The van der Waals surface area contributed by atoms with E-state index in [1.54, 1.807) is 6.07 Å². The van der Waals surface area contributed by atoms with Gasteiger partial charge in [0, 0.05) is 19.1 Å². The molecule has 2 aliphatic rings. The van der Waals surface area contributed by atoms with Gasteiger partial charge in [0.15, 0.2) is 0 Å². The van der Waals surface area contributed by atoms with Gasteiger partial charge in [-0.2, -0.15) is 0 Å². The summed E-state index contributed by atoms with van der Waals surface area (Å²) >= 11 is 0. The first-order valence-corrected chi connectivity index (χ1v) is 10.6. The van der Waals surface area contributed by atoms with Crippen LogP contribution in [0.15, 0.2) is 12.1 Å². The number of anilines is 2. The van der Waals surface area contributed by atoms with E-state index in [-0.39, 0.29) is 12.1 Å². The zero-order chi connectivity index (χ0) is 21.9. The first-order chi connectivity index (χ1) is 14.1. The maximum Gasteiger partial charge on any atom is 0.407 e. The number of hydrogen-bond acceptors (Lipinski definition) is 7. The summed E-state index contributed by atoms with van der Waals surface area (Å²) in [4.78, 5) is 33.1. The van der Waals surface area contributed by atoms with Crippen molar-refractivity contribution in [1.82, 2.24) is 15.2 Å². The molecule has 2 fully saturated rings. The monoisotopic (exact) mass is 418 g/mol. The smallest absolute Gasteiger partial charge is 0.407 e. The molecule has 2 amide bonds. The molecule has 9 heteroatoms. The third-order valence-corrected chi connectivity index (χ3v) is 5.44. The Kier molecular flexibility index (Phi) is 6.70. The number of nitrogens with one attached hydrogen (secondary N) is 2. The Balaban J connectivity index is 1.66. The topological polar surface area (TPSA) is 113 Å². The van der Waals surface area contributed by atoms with Gasteiger partial charge in [-0.1, -0.05) is 0 Å². The number of aromatic nitrogens is 1. The van der Waals surface area contributed by atoms with E-state index >= 15 is 0 Å². The predicted molar refractivity (Wildman–Crippen MR) is 117 cm³/mol. The number of hydrogen-bond donors (Lipinski definition) is 3. The molecule has 0 aromatic carbocycles. The summed E-state index contributed by atoms with van der Waals surface area (Å²) < 4.78 is 5.34. The number of nitrogens with two attached hydrogens (primary N) is 1. The Labute approximate surface area is 178 Å². The van der Waals surface area contributed by atoms with Crippen molar-refractivity contribution in [2.75, 3.05) is 43.4 Å². The molecule has 1 aromatic heterocycles. The van der Waals surface area contributed by atoms with E-state index in [9.17, 15) is 9.59 Å². The molecule has 1 atom stereocenters. The first-order valence-electron chi connectivity index (χ1n) is 10.6. The molecular weight excluding hydrogens is 384 g/mol. The van der Waals surface area contributed by atoms with E-state index in [1.165, 1.54) is 0 Å². The number of carbonyl (C=O) groups excluding carboxylic acids is 2. The molecule has 9 nitrogen and oxygen atoms in total. The van der Waals surface area contributed by atoms with Gasteiger partial charge >= 0.3 is 6.09 Å². The Hall–Kier alpha value is -2.55. The summed E-state index contributed by atoms with van der Waals surface area (Å²) in [6.45, 7) is 8.94. The lowest BCUT2D eigenvalue weighted by molar-refractivity contribution is 0.0509. The average molecular weight is 419 g/mol. The number of piperidine rings is 1. The number of amides is 2. The molecule has 2 aliphatic heterocycles. The zero-order valence-electron chi connectivity index (χ0n) is 18.4. The van der Waals surface area contributed by atoms with Crippen molar-refractivity contribution < 1.29 is 14.3 Å². The lowest BCUT2D eigenvalue weighted by atomic mass is 10.1. The standard InChI is InChI=1S/C21H34N6O3/c1-21(2,3)30-20(29)24-15-9-12-27(13-15)17-6-5-16(18(22)28)19(25-17)23-14-7-10-26(4)11-8-14/h5-6,14-15H,7-13H2,1-4H3,(H2,22,28)(H,23,25)(H,24,29)/t15-/m0/s1. The van der Waals surface area contributed by atoms with Gasteiger partial charge < -0.3 is 30.9 Å². The SMILES string of the molecule is CN1CCC(Nc2nc(N3CC[C@H](NC(=O)OC(C)(C)C)C3)ccc2C(N)=O)CC1. The van der Waals surface area contributed by atoms with Gasteiger partial charge in [0.05, 0.1) is 11.6 Å². The summed E-state index contributed by atoms with van der Waals surface area (Å²) in [5, 5.41) is 6.35. The number of carbonyl (C=O) groups is 2. The van der Waals surface area contributed by atoms with Gasteiger partial charge in [0.2, 0.25) is 0 Å². The van der Waals surface area contributed by atoms with Crippen molar-refractivity contribution in [3.63, 3.8) is 0 Å². The Morgan fingerprint density at radius 3 is 2.43 bits per heavy atom. The molecule has 0 bridgehead atoms. The molecule has 4 N–H and O–H groups in total. The van der Waals surface area contributed by atoms with Gasteiger partial charge in [-0.3, -0.25) is 4.79 Å². The molecule has 0 radical (unpaired) electrons. The number of likely N-dealkylation sites (tertiary alicyclic amines) is 1. The van der Waals surface area contributed by atoms with Crippen LogP contribution in [0.1, 0.15) is 50.4 Å². The number of alkyl carbamates (subject to hydrolysis) is 1. The van der Waals surface area contributed by atoms with Gasteiger partial charge in [-0.05, 0) is 72.3 Å². The van der Waals surface area contributed by atoms with E-state index in [4.69, 9.17) is 15.5 Å². The van der Waals surface area contributed by atoms with Crippen molar-refractivity contribution in [1.29, 1.82) is 0 Å². The second-order valence-corrected chi connectivity index (χ2v) is 9.23. The van der Waals surface area contributed by atoms with E-state index in [0.717, 1.165) is 44.7 Å². The van der Waals surface area contributed by atoms with E-state index in [2.05, 4.69) is 27.5 Å².